The zero-order valence-electron chi connectivity index (χ0n) is 13.4. The van der Waals surface area contributed by atoms with Gasteiger partial charge in [-0.25, -0.2) is 4.39 Å². The summed E-state index contributed by atoms with van der Waals surface area (Å²) < 4.78 is 21.5. The van der Waals surface area contributed by atoms with Gasteiger partial charge in [-0.15, -0.1) is 0 Å². The summed E-state index contributed by atoms with van der Waals surface area (Å²) in [6.07, 6.45) is 4.49. The maximum atomic E-state index is 13.3. The van der Waals surface area contributed by atoms with Crippen molar-refractivity contribution in [1.82, 2.24) is 20.1 Å². The van der Waals surface area contributed by atoms with E-state index in [-0.39, 0.29) is 18.3 Å². The zero-order chi connectivity index (χ0) is 17.4. The molecule has 1 aromatic carbocycles. The molecule has 0 unspecified atom stereocenters. The first-order chi connectivity index (χ1) is 12.1. The number of nitrogens with one attached hydrogen (secondary N) is 2. The van der Waals surface area contributed by atoms with Gasteiger partial charge in [0.15, 0.2) is 4.77 Å². The summed E-state index contributed by atoms with van der Waals surface area (Å²) in [5.74, 6) is 0.858. The minimum absolute atomic E-state index is 0.172. The van der Waals surface area contributed by atoms with Gasteiger partial charge in [-0.2, -0.15) is 5.10 Å². The quantitative estimate of drug-likeness (QED) is 0.804. The number of H-pyrrole nitrogens is 1. The Hall–Kier alpha value is -2.48. The first-order valence-electron chi connectivity index (χ1n) is 8.19. The summed E-state index contributed by atoms with van der Waals surface area (Å²) in [7, 11) is 0. The topological polar surface area (TPSA) is 71.9 Å². The average molecular weight is 360 g/mol. The molecule has 0 spiro atoms. The molecule has 6 nitrogen and oxygen atoms in total. The highest BCUT2D eigenvalue weighted by Gasteiger charge is 2.27. The molecule has 1 aromatic heterocycles. The highest BCUT2D eigenvalue weighted by molar-refractivity contribution is 7.71. The highest BCUT2D eigenvalue weighted by atomic mass is 32.1. The van der Waals surface area contributed by atoms with Crippen molar-refractivity contribution in [3.63, 3.8) is 0 Å². The second-order valence-corrected chi connectivity index (χ2v) is 6.58. The molecule has 1 saturated carbocycles. The van der Waals surface area contributed by atoms with E-state index in [2.05, 4.69) is 15.5 Å². The van der Waals surface area contributed by atoms with Crippen LogP contribution in [0.3, 0.4) is 0 Å². The molecule has 4 rings (SSSR count). The zero-order valence-corrected chi connectivity index (χ0v) is 14.2. The predicted molar refractivity (Wildman–Crippen MR) is 92.3 cm³/mol. The lowest BCUT2D eigenvalue weighted by molar-refractivity contribution is -0.117. The summed E-state index contributed by atoms with van der Waals surface area (Å²) in [4.78, 5) is 12.3. The van der Waals surface area contributed by atoms with Crippen LogP contribution in [0, 0.1) is 10.6 Å². The lowest BCUT2D eigenvalue weighted by Crippen LogP contribution is -2.30. The van der Waals surface area contributed by atoms with Gasteiger partial charge in [-0.05, 0) is 49.3 Å². The number of fused-ring (bicyclic) bond motifs is 1. The van der Waals surface area contributed by atoms with Gasteiger partial charge in [-0.1, -0.05) is 0 Å². The largest absolute Gasteiger partial charge is 0.488 e. The maximum Gasteiger partial charge on any atom is 0.250 e. The van der Waals surface area contributed by atoms with Crippen LogP contribution in [0.4, 0.5) is 4.39 Å². The third-order valence-corrected chi connectivity index (χ3v) is 4.59. The number of carbonyl (C=O) groups excluding carboxylic acids is 1. The van der Waals surface area contributed by atoms with Gasteiger partial charge in [-0.3, -0.25) is 9.89 Å². The van der Waals surface area contributed by atoms with E-state index in [1.807, 2.05) is 4.57 Å². The molecule has 2 aliphatic rings. The van der Waals surface area contributed by atoms with E-state index in [9.17, 15) is 9.18 Å². The molecule has 0 bridgehead atoms. The van der Waals surface area contributed by atoms with Gasteiger partial charge >= 0.3 is 0 Å². The number of aromatic nitrogens is 3. The van der Waals surface area contributed by atoms with Crippen LogP contribution >= 0.6 is 12.2 Å². The summed E-state index contributed by atoms with van der Waals surface area (Å²) in [6.45, 7) is 0.615. The van der Waals surface area contributed by atoms with Crippen LogP contribution in [0.25, 0.3) is 6.08 Å². The Morgan fingerprint density at radius 3 is 3.12 bits per heavy atom. The number of amides is 1. The van der Waals surface area contributed by atoms with Gasteiger partial charge in [0.25, 0.3) is 5.91 Å². The Morgan fingerprint density at radius 2 is 2.32 bits per heavy atom. The lowest BCUT2D eigenvalue weighted by Gasteiger charge is -2.17. The summed E-state index contributed by atoms with van der Waals surface area (Å²) in [5.41, 5.74) is 1.05. The average Bonchev–Trinajstić information content (AvgIpc) is 3.37. The Labute approximate surface area is 148 Å². The number of ether oxygens (including phenoxy) is 1. The number of nitrogens with zero attached hydrogens (tertiary/aromatic N) is 2. The number of hydrogen-bond acceptors (Lipinski definition) is 4. The van der Waals surface area contributed by atoms with Crippen molar-refractivity contribution in [3.05, 3.63) is 45.7 Å². The van der Waals surface area contributed by atoms with Crippen LogP contribution in [-0.2, 0) is 11.2 Å². The Bertz CT molecular complexity index is 914. The second-order valence-electron chi connectivity index (χ2n) is 6.19. The first kappa shape index (κ1) is 16.0. The van der Waals surface area contributed by atoms with Crippen molar-refractivity contribution < 1.29 is 13.9 Å². The lowest BCUT2D eigenvalue weighted by atomic mass is 10.1. The normalized spacial score (nSPS) is 16.0. The molecule has 1 amide bonds. The van der Waals surface area contributed by atoms with Gasteiger partial charge in [0.05, 0.1) is 5.57 Å². The van der Waals surface area contributed by atoms with Crippen molar-refractivity contribution >= 4 is 24.2 Å². The van der Waals surface area contributed by atoms with Crippen molar-refractivity contribution in [2.75, 3.05) is 13.2 Å². The summed E-state index contributed by atoms with van der Waals surface area (Å²) in [6, 6.07) is 4.70. The third-order valence-electron chi connectivity index (χ3n) is 4.30. The molecular weight excluding hydrogens is 343 g/mol. The number of benzene rings is 1. The molecule has 25 heavy (non-hydrogen) atoms. The minimum Gasteiger partial charge on any atom is -0.488 e. The van der Waals surface area contributed by atoms with Gasteiger partial charge in [0.2, 0.25) is 0 Å². The molecule has 2 heterocycles. The fourth-order valence-corrected chi connectivity index (χ4v) is 3.20. The Morgan fingerprint density at radius 1 is 1.48 bits per heavy atom. The van der Waals surface area contributed by atoms with Crippen LogP contribution < -0.4 is 10.1 Å². The van der Waals surface area contributed by atoms with Crippen molar-refractivity contribution in [2.24, 2.45) is 0 Å². The summed E-state index contributed by atoms with van der Waals surface area (Å²) in [5, 5.41) is 9.91. The number of aromatic amines is 1. The van der Waals surface area contributed by atoms with Gasteiger partial charge < -0.3 is 14.6 Å². The smallest absolute Gasteiger partial charge is 0.250 e. The molecule has 0 atom stereocenters. The van der Waals surface area contributed by atoms with E-state index < -0.39 is 0 Å². The molecule has 2 aromatic rings. The SMILES string of the molecule is O=C(NCCc1n[nH]c(=S)n1C1CC1)C1=Cc2cc(F)ccc2OC1. The molecule has 1 aliphatic heterocycles. The second kappa shape index (κ2) is 6.44. The first-order valence-corrected chi connectivity index (χ1v) is 8.59. The standard InChI is InChI=1S/C17H17FN4O2S/c18-12-1-4-14-10(8-12)7-11(9-24-14)16(23)19-6-5-15-20-21-17(25)22(15)13-2-3-13/h1,4,7-8,13H,2-3,5-6,9H2,(H,19,23)(H,21,25). The Balaban J connectivity index is 1.39. The van der Waals surface area contributed by atoms with Gasteiger partial charge in [0.1, 0.15) is 24.0 Å². The van der Waals surface area contributed by atoms with Crippen molar-refractivity contribution in [3.8, 4) is 5.75 Å². The van der Waals surface area contributed by atoms with E-state index in [1.165, 1.54) is 12.1 Å². The molecule has 8 heteroatoms. The van der Waals surface area contributed by atoms with Crippen LogP contribution in [0.2, 0.25) is 0 Å². The monoisotopic (exact) mass is 360 g/mol. The maximum absolute atomic E-state index is 13.3. The van der Waals surface area contributed by atoms with Crippen LogP contribution in [0.5, 0.6) is 5.75 Å². The van der Waals surface area contributed by atoms with Crippen LogP contribution in [0.15, 0.2) is 23.8 Å². The molecule has 2 N–H and O–H groups in total. The predicted octanol–water partition coefficient (Wildman–Crippen LogP) is 2.55. The molecule has 1 fully saturated rings. The number of hydrogen-bond donors (Lipinski definition) is 2. The van der Waals surface area contributed by atoms with Crippen molar-refractivity contribution in [2.45, 2.75) is 25.3 Å². The molecule has 0 radical (unpaired) electrons. The summed E-state index contributed by atoms with van der Waals surface area (Å²) >= 11 is 5.24. The van der Waals surface area contributed by atoms with Crippen LogP contribution in [0.1, 0.15) is 30.3 Å². The minimum atomic E-state index is -0.358. The number of carbonyl (C=O) groups is 1. The van der Waals surface area contributed by atoms with E-state index >= 15 is 0 Å². The van der Waals surface area contributed by atoms with E-state index in [1.54, 1.807) is 12.1 Å². The third kappa shape index (κ3) is 3.34. The van der Waals surface area contributed by atoms with E-state index in [0.717, 1.165) is 18.7 Å². The van der Waals surface area contributed by atoms with E-state index in [4.69, 9.17) is 17.0 Å². The highest BCUT2D eigenvalue weighted by Crippen LogP contribution is 2.35. The fraction of sp³-hybridized carbons (Fsp3) is 0.353. The van der Waals surface area contributed by atoms with Gasteiger partial charge in [0, 0.05) is 24.6 Å². The Kier molecular flexibility index (Phi) is 4.12. The van der Waals surface area contributed by atoms with Crippen LogP contribution in [-0.4, -0.2) is 33.8 Å². The molecular formula is C17H17FN4O2S. The fourth-order valence-electron chi connectivity index (χ4n) is 2.90. The number of rotatable bonds is 5. The number of halogens is 1. The van der Waals surface area contributed by atoms with E-state index in [0.29, 0.717) is 40.7 Å². The molecule has 130 valence electrons. The molecule has 0 saturated heterocycles. The van der Waals surface area contributed by atoms with Crippen molar-refractivity contribution in [1.29, 1.82) is 0 Å². The molecule has 1 aliphatic carbocycles.